The van der Waals surface area contributed by atoms with E-state index < -0.39 is 0 Å². The molecule has 0 saturated heterocycles. The molecule has 4 aromatic rings. The number of H-pyrrole nitrogens is 1. The first-order valence-corrected chi connectivity index (χ1v) is 10.6. The third-order valence-corrected chi connectivity index (χ3v) is 5.12. The van der Waals surface area contributed by atoms with E-state index in [0.717, 1.165) is 35.7 Å². The Morgan fingerprint density at radius 1 is 1.12 bits per heavy atom. The SMILES string of the molecule is CN=C(NCCc1c[nH]c2ccccc12)NCc1cccc(NC(=O)Cn2cccn2)c1.I. The van der Waals surface area contributed by atoms with E-state index in [-0.39, 0.29) is 36.4 Å². The van der Waals surface area contributed by atoms with Crippen molar-refractivity contribution in [2.75, 3.05) is 18.9 Å². The number of fused-ring (bicyclic) bond motifs is 1. The van der Waals surface area contributed by atoms with Gasteiger partial charge in [-0.05, 0) is 41.8 Å². The quantitative estimate of drug-likeness (QED) is 0.151. The van der Waals surface area contributed by atoms with Crippen LogP contribution in [-0.4, -0.2) is 40.2 Å². The van der Waals surface area contributed by atoms with Gasteiger partial charge in [-0.3, -0.25) is 14.5 Å². The minimum atomic E-state index is -0.117. The summed E-state index contributed by atoms with van der Waals surface area (Å²) >= 11 is 0. The Labute approximate surface area is 209 Å². The maximum Gasteiger partial charge on any atom is 0.246 e. The average Bonchev–Trinajstić information content (AvgIpc) is 3.46. The van der Waals surface area contributed by atoms with Crippen LogP contribution in [0.2, 0.25) is 0 Å². The van der Waals surface area contributed by atoms with Gasteiger partial charge >= 0.3 is 0 Å². The highest BCUT2D eigenvalue weighted by Gasteiger charge is 2.06. The van der Waals surface area contributed by atoms with E-state index in [0.29, 0.717) is 6.54 Å². The number of halogens is 1. The first-order chi connectivity index (χ1) is 15.7. The van der Waals surface area contributed by atoms with Crippen molar-refractivity contribution in [3.05, 3.63) is 84.3 Å². The number of rotatable bonds is 8. The van der Waals surface area contributed by atoms with Crippen LogP contribution in [0.5, 0.6) is 0 Å². The Hall–Kier alpha value is -3.34. The molecule has 0 spiro atoms. The first kappa shape index (κ1) is 24.3. The summed E-state index contributed by atoms with van der Waals surface area (Å²) in [6.45, 7) is 1.54. The fourth-order valence-electron chi connectivity index (χ4n) is 3.56. The van der Waals surface area contributed by atoms with Crippen molar-refractivity contribution in [3.63, 3.8) is 0 Å². The smallest absolute Gasteiger partial charge is 0.246 e. The molecule has 0 fully saturated rings. The summed E-state index contributed by atoms with van der Waals surface area (Å²) in [5, 5.41) is 14.9. The predicted octanol–water partition coefficient (Wildman–Crippen LogP) is 3.53. The van der Waals surface area contributed by atoms with Gasteiger partial charge in [0.15, 0.2) is 5.96 Å². The largest absolute Gasteiger partial charge is 0.361 e. The number of aliphatic imine (C=N–C) groups is 1. The Balaban J connectivity index is 0.00000306. The number of aromatic amines is 1. The maximum atomic E-state index is 12.2. The molecule has 33 heavy (non-hydrogen) atoms. The highest BCUT2D eigenvalue weighted by molar-refractivity contribution is 14.0. The van der Waals surface area contributed by atoms with E-state index in [1.54, 1.807) is 30.2 Å². The summed E-state index contributed by atoms with van der Waals surface area (Å²) in [6.07, 6.45) is 6.37. The Bertz CT molecular complexity index is 1200. The molecule has 0 unspecified atom stereocenters. The monoisotopic (exact) mass is 557 g/mol. The molecule has 8 nitrogen and oxygen atoms in total. The molecule has 4 rings (SSSR count). The second-order valence-electron chi connectivity index (χ2n) is 7.41. The van der Waals surface area contributed by atoms with Crippen molar-refractivity contribution < 1.29 is 4.79 Å². The molecule has 0 aliphatic rings. The molecular weight excluding hydrogens is 529 g/mol. The van der Waals surface area contributed by atoms with Crippen LogP contribution in [0.1, 0.15) is 11.1 Å². The van der Waals surface area contributed by atoms with E-state index >= 15 is 0 Å². The number of amides is 1. The minimum absolute atomic E-state index is 0. The maximum absolute atomic E-state index is 12.2. The van der Waals surface area contributed by atoms with Crippen LogP contribution >= 0.6 is 24.0 Å². The number of aromatic nitrogens is 3. The van der Waals surface area contributed by atoms with Gasteiger partial charge in [0.05, 0.1) is 0 Å². The molecule has 0 aliphatic carbocycles. The fraction of sp³-hybridized carbons (Fsp3) is 0.208. The number of para-hydroxylation sites is 1. The molecule has 0 atom stereocenters. The van der Waals surface area contributed by atoms with Crippen LogP contribution in [0.4, 0.5) is 5.69 Å². The molecule has 0 bridgehead atoms. The Morgan fingerprint density at radius 2 is 2.00 bits per heavy atom. The van der Waals surface area contributed by atoms with E-state index in [9.17, 15) is 4.79 Å². The molecule has 0 aliphatic heterocycles. The molecule has 172 valence electrons. The molecule has 2 aromatic carbocycles. The zero-order valence-electron chi connectivity index (χ0n) is 18.4. The van der Waals surface area contributed by atoms with E-state index in [1.165, 1.54) is 10.9 Å². The predicted molar refractivity (Wildman–Crippen MR) is 143 cm³/mol. The molecule has 2 aromatic heterocycles. The van der Waals surface area contributed by atoms with Gasteiger partial charge < -0.3 is 20.9 Å². The zero-order chi connectivity index (χ0) is 22.2. The third kappa shape index (κ3) is 6.82. The molecule has 9 heteroatoms. The normalized spacial score (nSPS) is 11.1. The third-order valence-electron chi connectivity index (χ3n) is 5.12. The van der Waals surface area contributed by atoms with Gasteiger partial charge in [-0.25, -0.2) is 0 Å². The van der Waals surface area contributed by atoms with Crippen molar-refractivity contribution in [2.45, 2.75) is 19.5 Å². The fourth-order valence-corrected chi connectivity index (χ4v) is 3.56. The topological polar surface area (TPSA) is 99.1 Å². The molecule has 1 amide bonds. The lowest BCUT2D eigenvalue weighted by Crippen LogP contribution is -2.37. The number of guanidine groups is 1. The summed E-state index contributed by atoms with van der Waals surface area (Å²) in [5.74, 6) is 0.617. The van der Waals surface area contributed by atoms with Gasteiger partial charge in [-0.15, -0.1) is 24.0 Å². The van der Waals surface area contributed by atoms with Gasteiger partial charge in [-0.2, -0.15) is 5.10 Å². The Kier molecular flexibility index (Phi) is 8.87. The number of nitrogens with one attached hydrogen (secondary N) is 4. The van der Waals surface area contributed by atoms with Crippen molar-refractivity contribution in [3.8, 4) is 0 Å². The second-order valence-corrected chi connectivity index (χ2v) is 7.41. The summed E-state index contributed by atoms with van der Waals surface area (Å²) in [7, 11) is 1.76. The molecule has 2 heterocycles. The molecule has 0 radical (unpaired) electrons. The van der Waals surface area contributed by atoms with E-state index in [4.69, 9.17) is 0 Å². The number of benzene rings is 2. The minimum Gasteiger partial charge on any atom is -0.361 e. The van der Waals surface area contributed by atoms with Gasteiger partial charge in [0.2, 0.25) is 5.91 Å². The molecule has 0 saturated carbocycles. The first-order valence-electron chi connectivity index (χ1n) is 10.6. The van der Waals surface area contributed by atoms with E-state index in [2.05, 4.69) is 55.4 Å². The number of nitrogens with zero attached hydrogens (tertiary/aromatic N) is 3. The highest BCUT2D eigenvalue weighted by Crippen LogP contribution is 2.17. The summed E-state index contributed by atoms with van der Waals surface area (Å²) in [5.41, 5.74) is 4.23. The average molecular weight is 557 g/mol. The van der Waals surface area contributed by atoms with Gasteiger partial charge in [0.25, 0.3) is 0 Å². The van der Waals surface area contributed by atoms with Crippen molar-refractivity contribution in [1.82, 2.24) is 25.4 Å². The van der Waals surface area contributed by atoms with Gasteiger partial charge in [-0.1, -0.05) is 30.3 Å². The number of hydrogen-bond acceptors (Lipinski definition) is 3. The second kappa shape index (κ2) is 12.0. The van der Waals surface area contributed by atoms with E-state index in [1.807, 2.05) is 30.3 Å². The highest BCUT2D eigenvalue weighted by atomic mass is 127. The molecule has 4 N–H and O–H groups in total. The van der Waals surface area contributed by atoms with Crippen molar-refractivity contribution in [2.24, 2.45) is 4.99 Å². The van der Waals surface area contributed by atoms with Crippen LogP contribution in [0.15, 0.2) is 78.2 Å². The zero-order valence-corrected chi connectivity index (χ0v) is 20.7. The number of carbonyl (C=O) groups is 1. The lowest BCUT2D eigenvalue weighted by molar-refractivity contribution is -0.116. The number of anilines is 1. The van der Waals surface area contributed by atoms with Gasteiger partial charge in [0.1, 0.15) is 6.54 Å². The van der Waals surface area contributed by atoms with Crippen LogP contribution < -0.4 is 16.0 Å². The molecular formula is C24H28IN7O. The van der Waals surface area contributed by atoms with Crippen LogP contribution in [0.25, 0.3) is 10.9 Å². The van der Waals surface area contributed by atoms with Gasteiger partial charge in [0, 0.05) is 55.3 Å². The number of carbonyl (C=O) groups excluding carboxylic acids is 1. The summed E-state index contributed by atoms with van der Waals surface area (Å²) < 4.78 is 1.59. The van der Waals surface area contributed by atoms with Crippen molar-refractivity contribution >= 4 is 52.4 Å². The van der Waals surface area contributed by atoms with Crippen molar-refractivity contribution in [1.29, 1.82) is 0 Å². The standard InChI is InChI=1S/C24H27N7O.HI/c1-25-24(26-12-10-19-16-27-22-9-3-2-8-21(19)22)28-15-18-6-4-7-20(14-18)30-23(32)17-31-13-5-11-29-31;/h2-9,11,13-14,16,27H,10,12,15,17H2,1H3,(H,30,32)(H2,25,26,28);1H. The lowest BCUT2D eigenvalue weighted by atomic mass is 10.1. The lowest BCUT2D eigenvalue weighted by Gasteiger charge is -2.13. The van der Waals surface area contributed by atoms with Crippen LogP contribution in [0.3, 0.4) is 0 Å². The van der Waals surface area contributed by atoms with Crippen LogP contribution in [-0.2, 0) is 24.3 Å². The number of hydrogen-bond donors (Lipinski definition) is 4. The van der Waals surface area contributed by atoms with Crippen LogP contribution in [0, 0.1) is 0 Å². The Morgan fingerprint density at radius 3 is 2.82 bits per heavy atom. The summed E-state index contributed by atoms with van der Waals surface area (Å²) in [4.78, 5) is 19.8. The summed E-state index contributed by atoms with van der Waals surface area (Å²) in [6, 6.07) is 17.9.